The Bertz CT molecular complexity index is 316. The van der Waals surface area contributed by atoms with Crippen molar-refractivity contribution in [1.29, 1.82) is 0 Å². The minimum Gasteiger partial charge on any atom is -0.379 e. The van der Waals surface area contributed by atoms with E-state index in [1.165, 1.54) is 6.07 Å². The van der Waals surface area contributed by atoms with Crippen LogP contribution in [0, 0.1) is 5.82 Å². The van der Waals surface area contributed by atoms with Crippen molar-refractivity contribution < 1.29 is 9.13 Å². The Balaban J connectivity index is 2.47. The highest BCUT2D eigenvalue weighted by Gasteiger charge is 2.09. The largest absolute Gasteiger partial charge is 0.379 e. The van der Waals surface area contributed by atoms with Gasteiger partial charge in [0, 0.05) is 26.7 Å². The molecule has 0 saturated heterocycles. The van der Waals surface area contributed by atoms with Crippen molar-refractivity contribution in [2.24, 2.45) is 5.73 Å². The van der Waals surface area contributed by atoms with E-state index in [0.717, 1.165) is 12.1 Å². The van der Waals surface area contributed by atoms with Crippen molar-refractivity contribution >= 4 is 0 Å². The minimum absolute atomic E-state index is 0.0264. The molecule has 4 heteroatoms. The van der Waals surface area contributed by atoms with Gasteiger partial charge in [-0.25, -0.2) is 4.39 Å². The summed E-state index contributed by atoms with van der Waals surface area (Å²) < 4.78 is 18.1. The van der Waals surface area contributed by atoms with E-state index in [1.807, 2.05) is 13.1 Å². The van der Waals surface area contributed by atoms with E-state index in [1.54, 1.807) is 19.2 Å². The van der Waals surface area contributed by atoms with Gasteiger partial charge >= 0.3 is 0 Å². The van der Waals surface area contributed by atoms with Crippen LogP contribution in [0.5, 0.6) is 0 Å². The van der Waals surface area contributed by atoms with Crippen LogP contribution in [0.3, 0.4) is 0 Å². The molecule has 1 unspecified atom stereocenters. The van der Waals surface area contributed by atoms with Crippen molar-refractivity contribution in [3.05, 3.63) is 35.6 Å². The molecule has 1 aromatic rings. The van der Waals surface area contributed by atoms with Crippen LogP contribution in [-0.4, -0.2) is 38.3 Å². The number of nitrogens with zero attached hydrogens (tertiary/aromatic N) is 1. The van der Waals surface area contributed by atoms with Crippen molar-refractivity contribution in [3.8, 4) is 0 Å². The molecule has 0 fully saturated rings. The monoisotopic (exact) mass is 226 g/mol. The fourth-order valence-corrected chi connectivity index (χ4v) is 1.60. The maximum absolute atomic E-state index is 12.9. The molecular formula is C12H19FN2O. The van der Waals surface area contributed by atoms with E-state index < -0.39 is 0 Å². The van der Waals surface area contributed by atoms with Gasteiger partial charge in [0.1, 0.15) is 5.82 Å². The van der Waals surface area contributed by atoms with E-state index in [9.17, 15) is 4.39 Å². The number of ether oxygens (including phenoxy) is 1. The van der Waals surface area contributed by atoms with Crippen molar-refractivity contribution in [2.45, 2.75) is 12.6 Å². The maximum atomic E-state index is 12.9. The lowest BCUT2D eigenvalue weighted by atomic mass is 10.2. The molecule has 0 aromatic heterocycles. The first-order valence-electron chi connectivity index (χ1n) is 5.31. The Kier molecular flexibility index (Phi) is 5.38. The summed E-state index contributed by atoms with van der Waals surface area (Å²) in [7, 11) is 3.61. The van der Waals surface area contributed by atoms with Gasteiger partial charge in [-0.15, -0.1) is 0 Å². The molecule has 90 valence electrons. The van der Waals surface area contributed by atoms with Crippen molar-refractivity contribution in [1.82, 2.24) is 4.90 Å². The van der Waals surface area contributed by atoms with Gasteiger partial charge in [0.2, 0.25) is 0 Å². The zero-order valence-corrected chi connectivity index (χ0v) is 9.82. The number of likely N-dealkylation sites (N-methyl/N-ethyl adjacent to an activating group) is 1. The molecule has 16 heavy (non-hydrogen) atoms. The van der Waals surface area contributed by atoms with Crippen LogP contribution < -0.4 is 5.73 Å². The Hall–Kier alpha value is -0.970. The summed E-state index contributed by atoms with van der Waals surface area (Å²) in [5.41, 5.74) is 6.49. The van der Waals surface area contributed by atoms with Crippen LogP contribution in [0.1, 0.15) is 5.56 Å². The third-order valence-corrected chi connectivity index (χ3v) is 2.45. The number of methoxy groups -OCH3 is 1. The number of rotatable bonds is 6. The quantitative estimate of drug-likeness (QED) is 0.793. The first kappa shape index (κ1) is 13.1. The van der Waals surface area contributed by atoms with Crippen molar-refractivity contribution in [3.63, 3.8) is 0 Å². The lowest BCUT2D eigenvalue weighted by Gasteiger charge is -2.22. The summed E-state index contributed by atoms with van der Waals surface area (Å²) in [5.74, 6) is -0.201. The summed E-state index contributed by atoms with van der Waals surface area (Å²) in [6.45, 7) is 1.92. The second kappa shape index (κ2) is 6.58. The number of halogens is 1. The molecule has 0 spiro atoms. The molecular weight excluding hydrogens is 207 g/mol. The Morgan fingerprint density at radius 1 is 1.50 bits per heavy atom. The van der Waals surface area contributed by atoms with E-state index in [2.05, 4.69) is 4.90 Å². The highest BCUT2D eigenvalue weighted by Crippen LogP contribution is 2.06. The first-order chi connectivity index (χ1) is 7.65. The fourth-order valence-electron chi connectivity index (χ4n) is 1.60. The van der Waals surface area contributed by atoms with Gasteiger partial charge in [-0.1, -0.05) is 12.1 Å². The predicted octanol–water partition coefficient (Wildman–Crippen LogP) is 1.23. The first-order valence-corrected chi connectivity index (χ1v) is 5.31. The third-order valence-electron chi connectivity index (χ3n) is 2.45. The van der Waals surface area contributed by atoms with Gasteiger partial charge in [-0.05, 0) is 24.7 Å². The average Bonchev–Trinajstić information content (AvgIpc) is 2.26. The molecule has 0 aliphatic rings. The van der Waals surface area contributed by atoms with Crippen molar-refractivity contribution in [2.75, 3.05) is 27.2 Å². The molecule has 0 aliphatic carbocycles. The zero-order chi connectivity index (χ0) is 12.0. The second-order valence-corrected chi connectivity index (χ2v) is 3.92. The summed E-state index contributed by atoms with van der Waals surface area (Å²) >= 11 is 0. The lowest BCUT2D eigenvalue weighted by molar-refractivity contribution is 0.0761. The Morgan fingerprint density at radius 3 is 2.81 bits per heavy atom. The van der Waals surface area contributed by atoms with Gasteiger partial charge in [-0.2, -0.15) is 0 Å². The maximum Gasteiger partial charge on any atom is 0.123 e. The normalized spacial score (nSPS) is 13.1. The van der Waals surface area contributed by atoms with E-state index in [4.69, 9.17) is 10.5 Å². The summed E-state index contributed by atoms with van der Waals surface area (Å²) in [4.78, 5) is 2.07. The van der Waals surface area contributed by atoms with Crippen LogP contribution in [0.25, 0.3) is 0 Å². The van der Waals surface area contributed by atoms with E-state index in [-0.39, 0.29) is 11.9 Å². The molecule has 0 aliphatic heterocycles. The topological polar surface area (TPSA) is 38.5 Å². The molecule has 0 saturated carbocycles. The SMILES string of the molecule is COC(CN)CN(C)Cc1cccc(F)c1. The zero-order valence-electron chi connectivity index (χ0n) is 9.82. The third kappa shape index (κ3) is 4.26. The van der Waals surface area contributed by atoms with Crippen LogP contribution in [0.2, 0.25) is 0 Å². The number of hydrogen-bond acceptors (Lipinski definition) is 3. The summed E-state index contributed by atoms with van der Waals surface area (Å²) in [6, 6.07) is 6.61. The molecule has 3 nitrogen and oxygen atoms in total. The van der Waals surface area contributed by atoms with Crippen LogP contribution >= 0.6 is 0 Å². The number of nitrogens with two attached hydrogens (primary N) is 1. The standard InChI is InChI=1S/C12H19FN2O/c1-15(9-12(7-14)16-2)8-10-4-3-5-11(13)6-10/h3-6,12H,7-9,14H2,1-2H3. The van der Waals surface area contributed by atoms with Gasteiger partial charge < -0.3 is 10.5 Å². The summed E-state index contributed by atoms with van der Waals surface area (Å²) in [6.07, 6.45) is 0.0264. The molecule has 1 atom stereocenters. The smallest absolute Gasteiger partial charge is 0.123 e. The molecule has 1 aromatic carbocycles. The summed E-state index contributed by atoms with van der Waals surface area (Å²) in [5, 5.41) is 0. The lowest BCUT2D eigenvalue weighted by Crippen LogP contribution is -2.35. The van der Waals surface area contributed by atoms with Gasteiger partial charge in [0.15, 0.2) is 0 Å². The minimum atomic E-state index is -0.201. The van der Waals surface area contributed by atoms with Gasteiger partial charge in [0.05, 0.1) is 6.10 Å². The second-order valence-electron chi connectivity index (χ2n) is 3.92. The van der Waals surface area contributed by atoms with Crippen LogP contribution in [0.4, 0.5) is 4.39 Å². The Labute approximate surface area is 96.0 Å². The number of benzene rings is 1. The molecule has 1 rings (SSSR count). The molecule has 2 N–H and O–H groups in total. The molecule has 0 bridgehead atoms. The van der Waals surface area contributed by atoms with E-state index in [0.29, 0.717) is 13.1 Å². The van der Waals surface area contributed by atoms with E-state index >= 15 is 0 Å². The number of hydrogen-bond donors (Lipinski definition) is 1. The average molecular weight is 226 g/mol. The fraction of sp³-hybridized carbons (Fsp3) is 0.500. The van der Waals surface area contributed by atoms with Gasteiger partial charge in [0.25, 0.3) is 0 Å². The highest BCUT2D eigenvalue weighted by molar-refractivity contribution is 5.16. The van der Waals surface area contributed by atoms with Crippen LogP contribution in [0.15, 0.2) is 24.3 Å². The molecule has 0 amide bonds. The molecule has 0 radical (unpaired) electrons. The van der Waals surface area contributed by atoms with Crippen LogP contribution in [-0.2, 0) is 11.3 Å². The predicted molar refractivity (Wildman–Crippen MR) is 62.6 cm³/mol. The Morgan fingerprint density at radius 2 is 2.25 bits per heavy atom. The highest BCUT2D eigenvalue weighted by atomic mass is 19.1. The molecule has 0 heterocycles. The van der Waals surface area contributed by atoms with Gasteiger partial charge in [-0.3, -0.25) is 4.90 Å².